The summed E-state index contributed by atoms with van der Waals surface area (Å²) in [5.74, 6) is -1.39. The first-order valence-corrected chi connectivity index (χ1v) is 12.2. The number of halogens is 2. The fourth-order valence-electron chi connectivity index (χ4n) is 3.82. The van der Waals surface area contributed by atoms with Crippen molar-refractivity contribution in [1.82, 2.24) is 9.55 Å². The minimum Gasteiger partial charge on any atom is -0.481 e. The summed E-state index contributed by atoms with van der Waals surface area (Å²) < 4.78 is 26.8. The van der Waals surface area contributed by atoms with Gasteiger partial charge in [-0.1, -0.05) is 35.0 Å². The van der Waals surface area contributed by atoms with Gasteiger partial charge in [0, 0.05) is 45.4 Å². The third-order valence-corrected chi connectivity index (χ3v) is 8.24. The molecule has 6 nitrogen and oxygen atoms in total. The molecule has 0 fully saturated rings. The molecule has 1 N–H and O–H groups in total. The lowest BCUT2D eigenvalue weighted by atomic mass is 10.0. The van der Waals surface area contributed by atoms with Gasteiger partial charge in [-0.2, -0.15) is 0 Å². The number of carboxylic acids is 1. The lowest BCUT2D eigenvalue weighted by Crippen LogP contribution is -2.14. The first-order valence-electron chi connectivity index (χ1n) is 8.68. The predicted molar refractivity (Wildman–Crippen MR) is 114 cm³/mol. The van der Waals surface area contributed by atoms with Gasteiger partial charge in [-0.05, 0) is 30.7 Å². The van der Waals surface area contributed by atoms with E-state index in [2.05, 4.69) is 4.98 Å². The summed E-state index contributed by atoms with van der Waals surface area (Å²) in [4.78, 5) is 17.3. The molecule has 0 bridgehead atoms. The summed E-state index contributed by atoms with van der Waals surface area (Å²) in [6.45, 7) is 0. The fourth-order valence-corrected chi connectivity index (χ4v) is 6.56. The molecule has 0 spiro atoms. The number of nitrogens with zero attached hydrogens (tertiary/aromatic N) is 2. The summed E-state index contributed by atoms with van der Waals surface area (Å²) in [5, 5.41) is 10.2. The van der Waals surface area contributed by atoms with Gasteiger partial charge in [0.1, 0.15) is 5.37 Å². The first kappa shape index (κ1) is 20.5. The Balaban J connectivity index is 1.95. The maximum Gasteiger partial charge on any atom is 0.304 e. The monoisotopic (exact) mass is 470 g/mol. The van der Waals surface area contributed by atoms with Gasteiger partial charge in [0.05, 0.1) is 22.0 Å². The lowest BCUT2D eigenvalue weighted by molar-refractivity contribution is -0.137. The zero-order valence-corrected chi connectivity index (χ0v) is 18.3. The van der Waals surface area contributed by atoms with E-state index in [1.807, 2.05) is 6.07 Å². The molecule has 152 valence electrons. The number of sulfone groups is 1. The number of rotatable bonds is 5. The minimum absolute atomic E-state index is 0.148. The van der Waals surface area contributed by atoms with Gasteiger partial charge < -0.3 is 9.67 Å². The molecule has 1 aliphatic rings. The minimum atomic E-state index is -3.45. The molecule has 2 unspecified atom stereocenters. The largest absolute Gasteiger partial charge is 0.481 e. The van der Waals surface area contributed by atoms with Crippen LogP contribution in [-0.4, -0.2) is 35.3 Å². The molecule has 1 aliphatic heterocycles. The number of pyridine rings is 1. The Morgan fingerprint density at radius 3 is 2.72 bits per heavy atom. The highest BCUT2D eigenvalue weighted by atomic mass is 35.5. The Bertz CT molecular complexity index is 1240. The van der Waals surface area contributed by atoms with E-state index in [-0.39, 0.29) is 12.8 Å². The van der Waals surface area contributed by atoms with Crippen molar-refractivity contribution in [3.8, 4) is 0 Å². The number of benzene rings is 1. The van der Waals surface area contributed by atoms with Crippen LogP contribution in [0.5, 0.6) is 0 Å². The van der Waals surface area contributed by atoms with E-state index in [4.69, 9.17) is 23.2 Å². The van der Waals surface area contributed by atoms with Crippen molar-refractivity contribution in [2.45, 2.75) is 33.9 Å². The van der Waals surface area contributed by atoms with Crippen LogP contribution < -0.4 is 0 Å². The zero-order valence-electron chi connectivity index (χ0n) is 15.2. The molecule has 2 aromatic heterocycles. The van der Waals surface area contributed by atoms with Crippen LogP contribution in [0.1, 0.15) is 29.8 Å². The fraction of sp³-hybridized carbons (Fsp3) is 0.263. The van der Waals surface area contributed by atoms with Crippen molar-refractivity contribution in [1.29, 1.82) is 0 Å². The van der Waals surface area contributed by atoms with E-state index in [1.54, 1.807) is 35.2 Å². The van der Waals surface area contributed by atoms with Crippen LogP contribution in [-0.2, 0) is 14.6 Å². The summed E-state index contributed by atoms with van der Waals surface area (Å²) in [7, 11) is -3.45. The van der Waals surface area contributed by atoms with Crippen molar-refractivity contribution in [2.75, 3.05) is 6.26 Å². The van der Waals surface area contributed by atoms with Crippen molar-refractivity contribution in [3.63, 3.8) is 0 Å². The predicted octanol–water partition coefficient (Wildman–Crippen LogP) is 5.00. The van der Waals surface area contributed by atoms with Crippen molar-refractivity contribution in [3.05, 3.63) is 52.4 Å². The number of hydrogen-bond acceptors (Lipinski definition) is 5. The number of carbonyl (C=O) groups is 1. The van der Waals surface area contributed by atoms with Crippen molar-refractivity contribution in [2.24, 2.45) is 0 Å². The van der Waals surface area contributed by atoms with E-state index >= 15 is 0 Å². The van der Waals surface area contributed by atoms with E-state index in [0.717, 1.165) is 20.7 Å². The number of aliphatic carboxylic acids is 1. The summed E-state index contributed by atoms with van der Waals surface area (Å²) in [5.41, 5.74) is 1.43. The van der Waals surface area contributed by atoms with Gasteiger partial charge in [-0.25, -0.2) is 8.42 Å². The van der Waals surface area contributed by atoms with Gasteiger partial charge >= 0.3 is 5.97 Å². The van der Waals surface area contributed by atoms with Crippen molar-refractivity contribution < 1.29 is 18.3 Å². The molecular weight excluding hydrogens is 455 g/mol. The quantitative estimate of drug-likeness (QED) is 0.564. The number of fused-ring (bicyclic) bond motifs is 3. The SMILES string of the molecule is CS(=O)(=O)C1CC(CC(=O)O)c2c(Sc3ccc(Cl)c(Cl)c3)c3cnccc3n21. The molecule has 1 aromatic carbocycles. The van der Waals surface area contributed by atoms with Gasteiger partial charge in [-0.15, -0.1) is 0 Å². The molecule has 0 amide bonds. The Hall–Kier alpha value is -1.74. The second kappa shape index (κ2) is 7.50. The van der Waals surface area contributed by atoms with Crippen LogP contribution in [0, 0.1) is 0 Å². The third-order valence-electron chi connectivity index (χ3n) is 4.98. The smallest absolute Gasteiger partial charge is 0.304 e. The van der Waals surface area contributed by atoms with Crippen LogP contribution in [0.15, 0.2) is 46.5 Å². The highest BCUT2D eigenvalue weighted by molar-refractivity contribution is 7.99. The molecule has 0 saturated heterocycles. The Morgan fingerprint density at radius 1 is 1.31 bits per heavy atom. The Labute approximate surface area is 181 Å². The van der Waals surface area contributed by atoms with E-state index in [9.17, 15) is 18.3 Å². The van der Waals surface area contributed by atoms with Gasteiger partial charge in [0.2, 0.25) is 0 Å². The second-order valence-electron chi connectivity index (χ2n) is 6.97. The summed E-state index contributed by atoms with van der Waals surface area (Å²) in [6.07, 6.45) is 4.55. The van der Waals surface area contributed by atoms with E-state index < -0.39 is 27.1 Å². The number of aromatic nitrogens is 2. The molecule has 0 radical (unpaired) electrons. The molecular formula is C19H16Cl2N2O4S2. The molecule has 0 saturated carbocycles. The highest BCUT2D eigenvalue weighted by Gasteiger charge is 2.41. The third kappa shape index (κ3) is 3.74. The molecule has 10 heteroatoms. The average Bonchev–Trinajstić information content (AvgIpc) is 3.15. The molecule has 3 heterocycles. The molecule has 4 rings (SSSR count). The van der Waals surface area contributed by atoms with E-state index in [1.165, 1.54) is 18.0 Å². The van der Waals surface area contributed by atoms with Crippen LogP contribution in [0.2, 0.25) is 10.0 Å². The lowest BCUT2D eigenvalue weighted by Gasteiger charge is -2.12. The van der Waals surface area contributed by atoms with Gasteiger partial charge in [0.25, 0.3) is 0 Å². The Morgan fingerprint density at radius 2 is 2.07 bits per heavy atom. The van der Waals surface area contributed by atoms with Crippen LogP contribution in [0.25, 0.3) is 10.9 Å². The van der Waals surface area contributed by atoms with Gasteiger partial charge in [-0.3, -0.25) is 9.78 Å². The normalized spacial score (nSPS) is 18.9. The molecule has 0 aliphatic carbocycles. The van der Waals surface area contributed by atoms with Crippen LogP contribution in [0.4, 0.5) is 0 Å². The maximum atomic E-state index is 12.5. The second-order valence-corrected chi connectivity index (χ2v) is 11.1. The topological polar surface area (TPSA) is 89.3 Å². The van der Waals surface area contributed by atoms with Crippen LogP contribution >= 0.6 is 35.0 Å². The number of carboxylic acid groups (broad SMARTS) is 1. The molecule has 2 atom stereocenters. The Kier molecular flexibility index (Phi) is 5.31. The van der Waals surface area contributed by atoms with Gasteiger partial charge in [0.15, 0.2) is 9.84 Å². The molecule has 29 heavy (non-hydrogen) atoms. The summed E-state index contributed by atoms with van der Waals surface area (Å²) >= 11 is 13.6. The van der Waals surface area contributed by atoms with E-state index in [0.29, 0.717) is 15.7 Å². The maximum absolute atomic E-state index is 12.5. The van der Waals surface area contributed by atoms with Crippen molar-refractivity contribution >= 4 is 61.7 Å². The standard InChI is InChI=1S/C19H16Cl2N2O4S2/c1-29(26,27)16-6-10(7-17(24)25)18-19(12-9-22-5-4-15(12)23(16)18)28-11-2-3-13(20)14(21)8-11/h2-5,8-10,16H,6-7H2,1H3,(H,24,25). The van der Waals surface area contributed by atoms with Crippen LogP contribution in [0.3, 0.4) is 0 Å². The molecule has 3 aromatic rings. The summed E-state index contributed by atoms with van der Waals surface area (Å²) in [6, 6.07) is 7.01. The average molecular weight is 471 g/mol. The number of hydrogen-bond donors (Lipinski definition) is 1. The zero-order chi connectivity index (χ0) is 20.9. The highest BCUT2D eigenvalue weighted by Crippen LogP contribution is 2.51. The first-order chi connectivity index (χ1) is 13.7.